The van der Waals surface area contributed by atoms with E-state index < -0.39 is 33.4 Å². The fourth-order valence-corrected chi connectivity index (χ4v) is 6.56. The molecule has 0 aliphatic heterocycles. The molecule has 0 spiro atoms. The van der Waals surface area contributed by atoms with Gasteiger partial charge in [-0.25, -0.2) is 8.42 Å². The molecule has 10 nitrogen and oxygen atoms in total. The Morgan fingerprint density at radius 2 is 1.64 bits per heavy atom. The lowest BCUT2D eigenvalue weighted by molar-refractivity contribution is -0.384. The molecule has 0 aromatic heterocycles. The number of sulfonamides is 1. The van der Waals surface area contributed by atoms with Crippen LogP contribution < -0.4 is 9.62 Å². The number of nitrogens with zero attached hydrogens (tertiary/aromatic N) is 3. The van der Waals surface area contributed by atoms with Gasteiger partial charge in [0.2, 0.25) is 11.8 Å². The van der Waals surface area contributed by atoms with Gasteiger partial charge in [-0.2, -0.15) is 0 Å². The minimum absolute atomic E-state index is 0.0310. The Kier molecular flexibility index (Phi) is 9.95. The van der Waals surface area contributed by atoms with Crippen molar-refractivity contribution in [2.24, 2.45) is 0 Å². The van der Waals surface area contributed by atoms with Crippen molar-refractivity contribution in [3.63, 3.8) is 0 Å². The van der Waals surface area contributed by atoms with Crippen LogP contribution in [0.2, 0.25) is 0 Å². The summed E-state index contributed by atoms with van der Waals surface area (Å²) in [6.45, 7) is 2.96. The Morgan fingerprint density at radius 1 is 0.976 bits per heavy atom. The largest absolute Gasteiger partial charge is 0.352 e. The van der Waals surface area contributed by atoms with E-state index in [0.29, 0.717) is 0 Å². The lowest BCUT2D eigenvalue weighted by atomic mass is 9.95. The summed E-state index contributed by atoms with van der Waals surface area (Å²) < 4.78 is 28.6. The van der Waals surface area contributed by atoms with Crippen LogP contribution in [-0.4, -0.2) is 48.7 Å². The number of benzene rings is 3. The van der Waals surface area contributed by atoms with Gasteiger partial charge >= 0.3 is 0 Å². The number of hydrogen-bond acceptors (Lipinski definition) is 6. The highest BCUT2D eigenvalue weighted by atomic mass is 32.2. The predicted molar refractivity (Wildman–Crippen MR) is 160 cm³/mol. The molecule has 0 bridgehead atoms. The van der Waals surface area contributed by atoms with Gasteiger partial charge < -0.3 is 10.2 Å². The van der Waals surface area contributed by atoms with Crippen molar-refractivity contribution in [3.8, 4) is 0 Å². The normalized spacial score (nSPS) is 14.5. The van der Waals surface area contributed by atoms with Gasteiger partial charge in [0.1, 0.15) is 12.6 Å². The number of nitro benzene ring substituents is 1. The van der Waals surface area contributed by atoms with Gasteiger partial charge in [0.25, 0.3) is 15.7 Å². The molecular weight excluding hydrogens is 556 g/mol. The number of aryl methyl sites for hydroxylation is 1. The molecule has 1 aliphatic carbocycles. The SMILES string of the molecule is Cc1ccccc1CN(C(=O)CN(c1cccc([N+](=O)[O-])c1)S(=O)(=O)c1ccccc1)C(C)C(=O)NC1CCCCC1. The third kappa shape index (κ3) is 7.33. The summed E-state index contributed by atoms with van der Waals surface area (Å²) in [7, 11) is -4.31. The highest BCUT2D eigenvalue weighted by Gasteiger charge is 2.33. The zero-order valence-corrected chi connectivity index (χ0v) is 24.6. The summed E-state index contributed by atoms with van der Waals surface area (Å²) in [5.41, 5.74) is 1.39. The van der Waals surface area contributed by atoms with Gasteiger partial charge in [-0.1, -0.05) is 67.8 Å². The van der Waals surface area contributed by atoms with E-state index in [4.69, 9.17) is 0 Å². The first kappa shape index (κ1) is 30.7. The molecule has 222 valence electrons. The molecule has 42 heavy (non-hydrogen) atoms. The first-order valence-corrected chi connectivity index (χ1v) is 15.5. The standard InChI is InChI=1S/C31H36N4O6S/c1-23-12-9-10-13-25(23)21-33(24(2)31(37)32-26-14-5-3-6-15-26)30(36)22-34(27-16-11-17-28(20-27)35(38)39)42(40,41)29-18-7-4-8-19-29/h4,7-13,16-20,24,26H,3,5-6,14-15,21-22H2,1-2H3,(H,32,37). The van der Waals surface area contributed by atoms with Gasteiger partial charge in [-0.15, -0.1) is 0 Å². The number of rotatable bonds is 11. The molecule has 1 unspecified atom stereocenters. The van der Waals surface area contributed by atoms with Crippen molar-refractivity contribution in [3.05, 3.63) is 100 Å². The molecule has 1 N–H and O–H groups in total. The van der Waals surface area contributed by atoms with Crippen LogP contribution in [0.25, 0.3) is 0 Å². The Hall–Kier alpha value is -4.25. The van der Waals surface area contributed by atoms with E-state index in [9.17, 15) is 28.1 Å². The highest BCUT2D eigenvalue weighted by Crippen LogP contribution is 2.28. The topological polar surface area (TPSA) is 130 Å². The molecule has 1 saturated carbocycles. The van der Waals surface area contributed by atoms with E-state index in [-0.39, 0.29) is 34.8 Å². The predicted octanol–water partition coefficient (Wildman–Crippen LogP) is 4.96. The monoisotopic (exact) mass is 592 g/mol. The average molecular weight is 593 g/mol. The van der Waals surface area contributed by atoms with E-state index in [1.54, 1.807) is 25.1 Å². The molecule has 0 radical (unpaired) electrons. The lowest BCUT2D eigenvalue weighted by Gasteiger charge is -2.33. The fraction of sp³-hybridized carbons (Fsp3) is 0.355. The smallest absolute Gasteiger partial charge is 0.271 e. The van der Waals surface area contributed by atoms with Crippen LogP contribution in [0.4, 0.5) is 11.4 Å². The number of amides is 2. The number of carbonyl (C=O) groups is 2. The summed E-state index contributed by atoms with van der Waals surface area (Å²) in [5, 5.41) is 14.6. The second kappa shape index (κ2) is 13.6. The summed E-state index contributed by atoms with van der Waals surface area (Å²) in [5.74, 6) is -0.924. The van der Waals surface area contributed by atoms with Gasteiger partial charge in [-0.05, 0) is 56.0 Å². The number of hydrogen-bond donors (Lipinski definition) is 1. The van der Waals surface area contributed by atoms with Crippen LogP contribution in [-0.2, 0) is 26.2 Å². The van der Waals surface area contributed by atoms with Crippen molar-refractivity contribution in [1.29, 1.82) is 0 Å². The first-order valence-electron chi connectivity index (χ1n) is 14.0. The number of non-ortho nitro benzene ring substituents is 1. The third-order valence-corrected chi connectivity index (χ3v) is 9.45. The molecule has 1 atom stereocenters. The zero-order chi connectivity index (χ0) is 30.3. The van der Waals surface area contributed by atoms with Crippen molar-refractivity contribution in [1.82, 2.24) is 10.2 Å². The second-order valence-electron chi connectivity index (χ2n) is 10.6. The van der Waals surface area contributed by atoms with E-state index >= 15 is 0 Å². The molecule has 3 aromatic carbocycles. The Balaban J connectivity index is 1.71. The lowest BCUT2D eigenvalue weighted by Crippen LogP contribution is -2.53. The molecule has 4 rings (SSSR count). The maximum Gasteiger partial charge on any atom is 0.271 e. The molecule has 0 heterocycles. The summed E-state index contributed by atoms with van der Waals surface area (Å²) >= 11 is 0. The second-order valence-corrected chi connectivity index (χ2v) is 12.4. The molecule has 0 saturated heterocycles. The van der Waals surface area contributed by atoms with Crippen molar-refractivity contribution >= 4 is 33.2 Å². The molecule has 2 amide bonds. The maximum absolute atomic E-state index is 14.1. The minimum atomic E-state index is -4.31. The summed E-state index contributed by atoms with van der Waals surface area (Å²) in [6.07, 6.45) is 4.94. The maximum atomic E-state index is 14.1. The highest BCUT2D eigenvalue weighted by molar-refractivity contribution is 7.92. The van der Waals surface area contributed by atoms with Crippen LogP contribution in [0, 0.1) is 17.0 Å². The Bertz CT molecular complexity index is 1520. The Labute approximate surface area is 246 Å². The number of carbonyl (C=O) groups excluding carboxylic acids is 2. The van der Waals surface area contributed by atoms with Gasteiger partial charge in [0.05, 0.1) is 15.5 Å². The minimum Gasteiger partial charge on any atom is -0.352 e. The van der Waals surface area contributed by atoms with Crippen molar-refractivity contribution in [2.75, 3.05) is 10.8 Å². The fourth-order valence-electron chi connectivity index (χ4n) is 5.13. The van der Waals surface area contributed by atoms with Crippen LogP contribution in [0.5, 0.6) is 0 Å². The van der Waals surface area contributed by atoms with Crippen LogP contribution in [0.15, 0.2) is 83.8 Å². The van der Waals surface area contributed by atoms with Crippen molar-refractivity contribution < 1.29 is 22.9 Å². The Morgan fingerprint density at radius 3 is 2.31 bits per heavy atom. The first-order chi connectivity index (χ1) is 20.1. The summed E-state index contributed by atoms with van der Waals surface area (Å²) in [4.78, 5) is 39.7. The van der Waals surface area contributed by atoms with E-state index in [1.807, 2.05) is 31.2 Å². The van der Waals surface area contributed by atoms with E-state index in [2.05, 4.69) is 5.32 Å². The number of anilines is 1. The van der Waals surface area contributed by atoms with Gasteiger partial charge in [0.15, 0.2) is 0 Å². The average Bonchev–Trinajstić information content (AvgIpc) is 3.00. The van der Waals surface area contributed by atoms with E-state index in [0.717, 1.165) is 53.6 Å². The van der Waals surface area contributed by atoms with Crippen LogP contribution >= 0.6 is 0 Å². The molecule has 3 aromatic rings. The number of nitrogens with one attached hydrogen (secondary N) is 1. The van der Waals surface area contributed by atoms with Crippen LogP contribution in [0.1, 0.15) is 50.2 Å². The van der Waals surface area contributed by atoms with Crippen molar-refractivity contribution in [2.45, 2.75) is 69.5 Å². The molecular formula is C31H36N4O6S. The summed E-state index contributed by atoms with van der Waals surface area (Å²) in [6, 6.07) is 19.3. The van der Waals surface area contributed by atoms with Gasteiger partial charge in [-0.3, -0.25) is 24.0 Å². The van der Waals surface area contributed by atoms with Gasteiger partial charge in [0, 0.05) is 24.7 Å². The number of nitro groups is 1. The molecule has 11 heteroatoms. The molecule has 1 fully saturated rings. The third-order valence-electron chi connectivity index (χ3n) is 7.66. The molecule has 1 aliphatic rings. The zero-order valence-electron chi connectivity index (χ0n) is 23.8. The quantitative estimate of drug-likeness (QED) is 0.247. The van der Waals surface area contributed by atoms with E-state index in [1.165, 1.54) is 35.2 Å². The van der Waals surface area contributed by atoms with Crippen LogP contribution in [0.3, 0.4) is 0 Å².